The van der Waals surface area contributed by atoms with Crippen molar-refractivity contribution in [3.63, 3.8) is 0 Å². The normalized spacial score (nSPS) is 13.9. The van der Waals surface area contributed by atoms with Crippen molar-refractivity contribution >= 4 is 0 Å². The number of pyridine rings is 1. The molecular weight excluding hydrogens is 192 g/mol. The van der Waals surface area contributed by atoms with Gasteiger partial charge in [-0.25, -0.2) is 0 Å². The molecule has 1 aromatic rings. The molecule has 1 unspecified atom stereocenters. The maximum absolute atomic E-state index is 9.15. The van der Waals surface area contributed by atoms with E-state index in [1.54, 1.807) is 19.3 Å². The van der Waals surface area contributed by atoms with Crippen LogP contribution in [0.15, 0.2) is 24.5 Å². The number of aliphatic hydroxyl groups excluding tert-OH is 2. The molecule has 0 saturated heterocycles. The van der Waals surface area contributed by atoms with E-state index in [1.807, 2.05) is 19.1 Å². The zero-order chi connectivity index (χ0) is 11.3. The summed E-state index contributed by atoms with van der Waals surface area (Å²) in [5, 5.41) is 21.5. The maximum Gasteiger partial charge on any atom is 0.0633 e. The molecule has 1 rings (SSSR count). The minimum Gasteiger partial charge on any atom is -0.394 e. The Hall–Kier alpha value is -0.970. The van der Waals surface area contributed by atoms with E-state index in [0.29, 0.717) is 0 Å². The molecule has 0 saturated carbocycles. The second kappa shape index (κ2) is 5.21. The topological polar surface area (TPSA) is 65.4 Å². The predicted molar refractivity (Wildman–Crippen MR) is 58.4 cm³/mol. The van der Waals surface area contributed by atoms with E-state index in [-0.39, 0.29) is 19.3 Å². The summed E-state index contributed by atoms with van der Waals surface area (Å²) < 4.78 is 0. The number of rotatable bonds is 5. The molecule has 0 aliphatic rings. The molecule has 0 aliphatic carbocycles. The summed E-state index contributed by atoms with van der Waals surface area (Å²) in [6.45, 7) is 3.57. The molecule has 0 fully saturated rings. The van der Waals surface area contributed by atoms with Crippen molar-refractivity contribution in [2.75, 3.05) is 13.2 Å². The van der Waals surface area contributed by atoms with Crippen molar-refractivity contribution in [3.8, 4) is 0 Å². The summed E-state index contributed by atoms with van der Waals surface area (Å²) in [6, 6.07) is 3.89. The van der Waals surface area contributed by atoms with Gasteiger partial charge in [0.05, 0.1) is 18.8 Å². The summed E-state index contributed by atoms with van der Waals surface area (Å²) in [5.74, 6) is 0. The van der Waals surface area contributed by atoms with Crippen LogP contribution in [0.2, 0.25) is 0 Å². The van der Waals surface area contributed by atoms with Gasteiger partial charge in [-0.1, -0.05) is 0 Å². The second-order valence-electron chi connectivity index (χ2n) is 4.02. The maximum atomic E-state index is 9.15. The first-order chi connectivity index (χ1) is 7.11. The van der Waals surface area contributed by atoms with Crippen LogP contribution in [0.5, 0.6) is 0 Å². The average molecular weight is 210 g/mol. The van der Waals surface area contributed by atoms with Gasteiger partial charge in [0.2, 0.25) is 0 Å². The molecule has 0 radical (unpaired) electrons. The molecule has 0 aliphatic heterocycles. The fraction of sp³-hybridized carbons (Fsp3) is 0.545. The summed E-state index contributed by atoms with van der Waals surface area (Å²) in [6.07, 6.45) is 3.45. The lowest BCUT2D eigenvalue weighted by atomic mass is 10.0. The Morgan fingerprint density at radius 3 is 2.33 bits per heavy atom. The number of aromatic nitrogens is 1. The Bertz CT molecular complexity index is 286. The minimum absolute atomic E-state index is 0.0669. The Morgan fingerprint density at radius 1 is 1.33 bits per heavy atom. The van der Waals surface area contributed by atoms with Crippen LogP contribution in [-0.2, 0) is 0 Å². The number of nitrogens with zero attached hydrogens (tertiary/aromatic N) is 1. The van der Waals surface area contributed by atoms with Crippen molar-refractivity contribution < 1.29 is 10.2 Å². The lowest BCUT2D eigenvalue weighted by Crippen LogP contribution is -2.49. The quantitative estimate of drug-likeness (QED) is 0.661. The average Bonchev–Trinajstić information content (AvgIpc) is 2.30. The molecule has 0 spiro atoms. The molecule has 4 heteroatoms. The summed E-state index contributed by atoms with van der Waals surface area (Å²) in [4.78, 5) is 3.94. The molecule has 1 heterocycles. The number of nitrogens with one attached hydrogen (secondary N) is 1. The van der Waals surface area contributed by atoms with E-state index in [0.717, 1.165) is 5.56 Å². The van der Waals surface area contributed by atoms with E-state index >= 15 is 0 Å². The van der Waals surface area contributed by atoms with Crippen LogP contribution in [0.3, 0.4) is 0 Å². The third kappa shape index (κ3) is 3.27. The van der Waals surface area contributed by atoms with E-state index in [4.69, 9.17) is 10.2 Å². The van der Waals surface area contributed by atoms with Gasteiger partial charge in [-0.3, -0.25) is 4.98 Å². The first-order valence-corrected chi connectivity index (χ1v) is 5.00. The third-order valence-corrected chi connectivity index (χ3v) is 2.47. The Morgan fingerprint density at radius 2 is 1.87 bits per heavy atom. The molecule has 0 bridgehead atoms. The van der Waals surface area contributed by atoms with Gasteiger partial charge in [0, 0.05) is 18.4 Å². The van der Waals surface area contributed by atoms with Crippen LogP contribution in [0.4, 0.5) is 0 Å². The fourth-order valence-corrected chi connectivity index (χ4v) is 1.40. The van der Waals surface area contributed by atoms with E-state index in [1.165, 1.54) is 0 Å². The zero-order valence-electron chi connectivity index (χ0n) is 9.14. The largest absolute Gasteiger partial charge is 0.394 e. The van der Waals surface area contributed by atoms with Crippen molar-refractivity contribution in [1.82, 2.24) is 10.3 Å². The lowest BCUT2D eigenvalue weighted by molar-refractivity contribution is 0.0957. The molecule has 84 valence electrons. The van der Waals surface area contributed by atoms with E-state index in [2.05, 4.69) is 10.3 Å². The molecule has 0 aromatic carbocycles. The van der Waals surface area contributed by atoms with Gasteiger partial charge in [0.15, 0.2) is 0 Å². The minimum atomic E-state index is -0.650. The van der Waals surface area contributed by atoms with Crippen molar-refractivity contribution in [2.24, 2.45) is 0 Å². The van der Waals surface area contributed by atoms with Gasteiger partial charge < -0.3 is 15.5 Å². The Labute approximate surface area is 90.0 Å². The first kappa shape index (κ1) is 12.1. The van der Waals surface area contributed by atoms with E-state index in [9.17, 15) is 0 Å². The number of hydrogen-bond acceptors (Lipinski definition) is 4. The van der Waals surface area contributed by atoms with Crippen molar-refractivity contribution in [1.29, 1.82) is 0 Å². The van der Waals surface area contributed by atoms with Crippen molar-refractivity contribution in [2.45, 2.75) is 25.4 Å². The molecular formula is C11H18N2O2. The van der Waals surface area contributed by atoms with Gasteiger partial charge in [-0.15, -0.1) is 0 Å². The Kier molecular flexibility index (Phi) is 4.20. The smallest absolute Gasteiger partial charge is 0.0633 e. The number of aliphatic hydroxyl groups is 2. The highest BCUT2D eigenvalue weighted by molar-refractivity contribution is 5.14. The Balaban J connectivity index is 2.67. The molecule has 4 nitrogen and oxygen atoms in total. The molecule has 0 amide bonds. The second-order valence-corrected chi connectivity index (χ2v) is 4.02. The van der Waals surface area contributed by atoms with Gasteiger partial charge in [-0.2, -0.15) is 0 Å². The molecule has 1 aromatic heterocycles. The predicted octanol–water partition coefficient (Wildman–Crippen LogP) is 0.475. The van der Waals surface area contributed by atoms with Crippen LogP contribution in [-0.4, -0.2) is 33.9 Å². The molecule has 1 atom stereocenters. The lowest BCUT2D eigenvalue weighted by Gasteiger charge is -2.30. The number of hydrogen-bond donors (Lipinski definition) is 3. The highest BCUT2D eigenvalue weighted by Gasteiger charge is 2.24. The van der Waals surface area contributed by atoms with Crippen LogP contribution in [0.1, 0.15) is 25.5 Å². The monoisotopic (exact) mass is 210 g/mol. The fourth-order valence-electron chi connectivity index (χ4n) is 1.40. The summed E-state index contributed by atoms with van der Waals surface area (Å²) in [5.41, 5.74) is 0.431. The highest BCUT2D eigenvalue weighted by Crippen LogP contribution is 2.15. The van der Waals surface area contributed by atoms with E-state index < -0.39 is 5.54 Å². The van der Waals surface area contributed by atoms with Crippen LogP contribution < -0.4 is 5.32 Å². The van der Waals surface area contributed by atoms with Crippen LogP contribution >= 0.6 is 0 Å². The van der Waals surface area contributed by atoms with Crippen molar-refractivity contribution in [3.05, 3.63) is 30.1 Å². The van der Waals surface area contributed by atoms with Gasteiger partial charge in [-0.05, 0) is 31.5 Å². The van der Waals surface area contributed by atoms with Crippen LogP contribution in [0.25, 0.3) is 0 Å². The van der Waals surface area contributed by atoms with Crippen LogP contribution in [0, 0.1) is 0 Å². The highest BCUT2D eigenvalue weighted by atomic mass is 16.3. The first-order valence-electron chi connectivity index (χ1n) is 5.00. The summed E-state index contributed by atoms with van der Waals surface area (Å²) >= 11 is 0. The van der Waals surface area contributed by atoms with Gasteiger partial charge in [0.25, 0.3) is 0 Å². The van der Waals surface area contributed by atoms with Gasteiger partial charge >= 0.3 is 0 Å². The third-order valence-electron chi connectivity index (χ3n) is 2.47. The molecule has 15 heavy (non-hydrogen) atoms. The SMILES string of the molecule is CC(NC(C)(CO)CO)c1ccncc1. The zero-order valence-corrected chi connectivity index (χ0v) is 9.14. The standard InChI is InChI=1S/C11H18N2O2/c1-9(10-3-5-12-6-4-10)13-11(2,7-14)8-15/h3-6,9,13-15H,7-8H2,1-2H3. The summed E-state index contributed by atoms with van der Waals surface area (Å²) in [7, 11) is 0. The molecule has 3 N–H and O–H groups in total. The van der Waals surface area contributed by atoms with Gasteiger partial charge in [0.1, 0.15) is 0 Å².